The van der Waals surface area contributed by atoms with Crippen LogP contribution in [0.5, 0.6) is 5.75 Å². The van der Waals surface area contributed by atoms with Gasteiger partial charge in [-0.3, -0.25) is 4.90 Å². The molecule has 29 heavy (non-hydrogen) atoms. The summed E-state index contributed by atoms with van der Waals surface area (Å²) in [6.07, 6.45) is 9.67. The van der Waals surface area contributed by atoms with E-state index in [-0.39, 0.29) is 0 Å². The van der Waals surface area contributed by atoms with E-state index in [2.05, 4.69) is 44.9 Å². The van der Waals surface area contributed by atoms with Gasteiger partial charge in [-0.05, 0) is 62.2 Å². The molecule has 6 heteroatoms. The first-order valence-electron chi connectivity index (χ1n) is 10.6. The number of benzene rings is 1. The molecule has 1 aliphatic rings. The van der Waals surface area contributed by atoms with E-state index in [1.165, 1.54) is 37.1 Å². The molecule has 1 fully saturated rings. The molecule has 2 heterocycles. The van der Waals surface area contributed by atoms with Gasteiger partial charge in [0, 0.05) is 44.1 Å². The van der Waals surface area contributed by atoms with E-state index in [0.717, 1.165) is 49.4 Å². The van der Waals surface area contributed by atoms with Gasteiger partial charge in [-0.1, -0.05) is 30.8 Å². The Morgan fingerprint density at radius 2 is 2.07 bits per heavy atom. The summed E-state index contributed by atoms with van der Waals surface area (Å²) in [6, 6.07) is 8.46. The fourth-order valence-electron chi connectivity index (χ4n) is 4.08. The maximum absolute atomic E-state index is 5.35. The Kier molecular flexibility index (Phi) is 8.77. The zero-order valence-corrected chi connectivity index (χ0v) is 18.8. The van der Waals surface area contributed by atoms with Crippen LogP contribution in [0, 0.1) is 5.92 Å². The van der Waals surface area contributed by atoms with Crippen LogP contribution in [0.4, 0.5) is 0 Å². The van der Waals surface area contributed by atoms with Crippen molar-refractivity contribution < 1.29 is 4.74 Å². The number of hydrogen-bond acceptors (Lipinski definition) is 6. The smallest absolute Gasteiger partial charge is 0.187 e. The Hall–Kier alpha value is -1.63. The van der Waals surface area contributed by atoms with Crippen LogP contribution in [0.3, 0.4) is 0 Å². The van der Waals surface area contributed by atoms with Gasteiger partial charge in [-0.15, -0.1) is 0 Å². The molecule has 0 aliphatic carbocycles. The second-order valence-electron chi connectivity index (χ2n) is 7.82. The number of hydrogen-bond donors (Lipinski definition) is 0. The van der Waals surface area contributed by atoms with Gasteiger partial charge >= 0.3 is 0 Å². The van der Waals surface area contributed by atoms with E-state index in [0.29, 0.717) is 0 Å². The van der Waals surface area contributed by atoms with Gasteiger partial charge in [-0.2, -0.15) is 0 Å². The standard InChI is InChI=1S/C23H34N4OS/c1-4-26(18-21-14-24-23(29-3)25-15-21)16-20-8-6-11-27(17-20)12-10-19-7-5-9-22(13-19)28-2/h5,7,9,13-15,20H,4,6,8,10-12,16-18H2,1-3H3/t20-/m1/s1. The Balaban J connectivity index is 1.48. The third kappa shape index (κ3) is 6.98. The highest BCUT2D eigenvalue weighted by Gasteiger charge is 2.21. The van der Waals surface area contributed by atoms with Crippen molar-refractivity contribution in [3.05, 3.63) is 47.8 Å². The van der Waals surface area contributed by atoms with Crippen molar-refractivity contribution >= 4 is 11.8 Å². The van der Waals surface area contributed by atoms with Crippen LogP contribution in [0.15, 0.2) is 41.8 Å². The lowest BCUT2D eigenvalue weighted by Gasteiger charge is -2.35. The zero-order chi connectivity index (χ0) is 20.5. The molecule has 0 N–H and O–H groups in total. The van der Waals surface area contributed by atoms with E-state index in [4.69, 9.17) is 4.74 Å². The molecule has 1 aliphatic heterocycles. The fraction of sp³-hybridized carbons (Fsp3) is 0.565. The summed E-state index contributed by atoms with van der Waals surface area (Å²) in [5.41, 5.74) is 2.56. The Bertz CT molecular complexity index is 740. The molecule has 0 spiro atoms. The van der Waals surface area contributed by atoms with Crippen LogP contribution in [0.2, 0.25) is 0 Å². The summed E-state index contributed by atoms with van der Waals surface area (Å²) in [6.45, 7) is 8.94. The summed E-state index contributed by atoms with van der Waals surface area (Å²) < 4.78 is 5.35. The molecule has 0 unspecified atom stereocenters. The van der Waals surface area contributed by atoms with Crippen LogP contribution < -0.4 is 4.74 Å². The van der Waals surface area contributed by atoms with Gasteiger partial charge in [0.15, 0.2) is 5.16 Å². The average Bonchev–Trinajstić information content (AvgIpc) is 2.78. The normalized spacial score (nSPS) is 17.6. The highest BCUT2D eigenvalue weighted by molar-refractivity contribution is 7.98. The second-order valence-corrected chi connectivity index (χ2v) is 8.59. The monoisotopic (exact) mass is 414 g/mol. The van der Waals surface area contributed by atoms with Crippen molar-refractivity contribution in [2.24, 2.45) is 5.92 Å². The van der Waals surface area contributed by atoms with Gasteiger partial charge in [0.1, 0.15) is 5.75 Å². The maximum Gasteiger partial charge on any atom is 0.187 e. The third-order valence-corrected chi connectivity index (χ3v) is 6.26. The Morgan fingerprint density at radius 3 is 2.79 bits per heavy atom. The first kappa shape index (κ1) is 22.1. The highest BCUT2D eigenvalue weighted by atomic mass is 32.2. The number of thioether (sulfide) groups is 1. The van der Waals surface area contributed by atoms with Crippen molar-refractivity contribution in [3.8, 4) is 5.75 Å². The molecule has 1 saturated heterocycles. The van der Waals surface area contributed by atoms with Crippen molar-refractivity contribution in [1.29, 1.82) is 0 Å². The number of rotatable bonds is 10. The van der Waals surface area contributed by atoms with Crippen molar-refractivity contribution in [2.75, 3.05) is 46.1 Å². The minimum atomic E-state index is 0.736. The summed E-state index contributed by atoms with van der Waals surface area (Å²) in [7, 11) is 1.73. The molecule has 0 saturated carbocycles. The lowest BCUT2D eigenvalue weighted by molar-refractivity contribution is 0.133. The molecule has 0 radical (unpaired) electrons. The minimum Gasteiger partial charge on any atom is -0.497 e. The quantitative estimate of drug-likeness (QED) is 0.433. The van der Waals surface area contributed by atoms with Gasteiger partial charge in [0.05, 0.1) is 7.11 Å². The number of methoxy groups -OCH3 is 1. The number of nitrogens with zero attached hydrogens (tertiary/aromatic N) is 4. The predicted octanol–water partition coefficient (Wildman–Crippen LogP) is 3.98. The van der Waals surface area contributed by atoms with E-state index in [1.54, 1.807) is 18.9 Å². The van der Waals surface area contributed by atoms with Gasteiger partial charge in [-0.25, -0.2) is 9.97 Å². The summed E-state index contributed by atoms with van der Waals surface area (Å²) in [5, 5.41) is 0.843. The molecular weight excluding hydrogens is 380 g/mol. The molecule has 0 amide bonds. The second kappa shape index (κ2) is 11.5. The molecule has 1 aromatic carbocycles. The number of ether oxygens (including phenoxy) is 1. The number of piperidine rings is 1. The van der Waals surface area contributed by atoms with Crippen molar-refractivity contribution in [2.45, 2.75) is 37.9 Å². The van der Waals surface area contributed by atoms with Gasteiger partial charge < -0.3 is 9.64 Å². The van der Waals surface area contributed by atoms with Crippen LogP contribution in [0.1, 0.15) is 30.9 Å². The number of likely N-dealkylation sites (tertiary alicyclic amines) is 1. The first-order valence-corrected chi connectivity index (χ1v) is 11.8. The van der Waals surface area contributed by atoms with Crippen molar-refractivity contribution in [1.82, 2.24) is 19.8 Å². The molecule has 158 valence electrons. The van der Waals surface area contributed by atoms with E-state index >= 15 is 0 Å². The molecule has 5 nitrogen and oxygen atoms in total. The zero-order valence-electron chi connectivity index (χ0n) is 18.0. The SMILES string of the molecule is CCN(Cc1cnc(SC)nc1)C[C@H]1CCCN(CCc2cccc(OC)c2)C1. The predicted molar refractivity (Wildman–Crippen MR) is 121 cm³/mol. The lowest BCUT2D eigenvalue weighted by Crippen LogP contribution is -2.41. The van der Waals surface area contributed by atoms with Gasteiger partial charge in [0.2, 0.25) is 0 Å². The largest absolute Gasteiger partial charge is 0.497 e. The highest BCUT2D eigenvalue weighted by Crippen LogP contribution is 2.20. The van der Waals surface area contributed by atoms with E-state index in [9.17, 15) is 0 Å². The van der Waals surface area contributed by atoms with Gasteiger partial charge in [0.25, 0.3) is 0 Å². The molecule has 2 aromatic rings. The summed E-state index contributed by atoms with van der Waals surface area (Å²) in [4.78, 5) is 14.0. The molecule has 0 bridgehead atoms. The topological polar surface area (TPSA) is 41.5 Å². The third-order valence-electron chi connectivity index (χ3n) is 5.69. The fourth-order valence-corrected chi connectivity index (χ4v) is 4.39. The first-order chi connectivity index (χ1) is 14.2. The van der Waals surface area contributed by atoms with Crippen LogP contribution in [-0.4, -0.2) is 65.9 Å². The average molecular weight is 415 g/mol. The molecular formula is C23H34N4OS. The minimum absolute atomic E-state index is 0.736. The summed E-state index contributed by atoms with van der Waals surface area (Å²) >= 11 is 1.59. The molecule has 1 atom stereocenters. The van der Waals surface area contributed by atoms with Crippen LogP contribution in [0.25, 0.3) is 0 Å². The number of aromatic nitrogens is 2. The van der Waals surface area contributed by atoms with Crippen molar-refractivity contribution in [3.63, 3.8) is 0 Å². The van der Waals surface area contributed by atoms with Crippen LogP contribution in [-0.2, 0) is 13.0 Å². The van der Waals surface area contributed by atoms with E-state index in [1.807, 2.05) is 24.7 Å². The molecule has 1 aromatic heterocycles. The van der Waals surface area contributed by atoms with E-state index < -0.39 is 0 Å². The molecule has 3 rings (SSSR count). The maximum atomic E-state index is 5.35. The van der Waals surface area contributed by atoms with Crippen LogP contribution >= 0.6 is 11.8 Å². The Labute approximate surface area is 179 Å². The summed E-state index contributed by atoms with van der Waals surface area (Å²) in [5.74, 6) is 1.69. The Morgan fingerprint density at radius 1 is 1.24 bits per heavy atom. The lowest BCUT2D eigenvalue weighted by atomic mass is 9.96.